The molecule has 2 fully saturated rings. The molecule has 1 saturated heterocycles. The minimum atomic E-state index is -0.197. The maximum atomic E-state index is 12.3. The number of hydrogen-bond acceptors (Lipinski definition) is 3. The van der Waals surface area contributed by atoms with Crippen LogP contribution in [0.1, 0.15) is 51.4 Å². The Labute approximate surface area is 116 Å². The Balaban J connectivity index is 1.93. The summed E-state index contributed by atoms with van der Waals surface area (Å²) in [6, 6.07) is 0.279. The molecule has 110 valence electrons. The number of hydrogen-bond donors (Lipinski definition) is 1. The second kappa shape index (κ2) is 7.25. The predicted molar refractivity (Wildman–Crippen MR) is 73.8 cm³/mol. The fourth-order valence-corrected chi connectivity index (χ4v) is 3.64. The van der Waals surface area contributed by atoms with Crippen LogP contribution in [0.3, 0.4) is 0 Å². The quantitative estimate of drug-likeness (QED) is 0.776. The number of carbonyl (C=O) groups is 1. The summed E-state index contributed by atoms with van der Waals surface area (Å²) in [7, 11) is 1.67. The van der Waals surface area contributed by atoms with Crippen molar-refractivity contribution in [2.24, 2.45) is 5.92 Å². The Bertz CT molecular complexity index is 295. The van der Waals surface area contributed by atoms with E-state index in [1.165, 1.54) is 6.42 Å². The van der Waals surface area contributed by atoms with Crippen LogP contribution in [0.25, 0.3) is 0 Å². The summed E-state index contributed by atoms with van der Waals surface area (Å²) in [6.07, 6.45) is 7.63. The molecule has 1 aliphatic carbocycles. The van der Waals surface area contributed by atoms with Crippen molar-refractivity contribution >= 4 is 5.91 Å². The summed E-state index contributed by atoms with van der Waals surface area (Å²) in [6.45, 7) is 1.52. The third kappa shape index (κ3) is 3.69. The lowest BCUT2D eigenvalue weighted by molar-refractivity contribution is -0.137. The van der Waals surface area contributed by atoms with Gasteiger partial charge in [0.25, 0.3) is 0 Å². The highest BCUT2D eigenvalue weighted by Crippen LogP contribution is 2.35. The highest BCUT2D eigenvalue weighted by atomic mass is 16.5. The van der Waals surface area contributed by atoms with Crippen LogP contribution in [0.2, 0.25) is 0 Å². The minimum absolute atomic E-state index is 0.197. The second-order valence-electron chi connectivity index (χ2n) is 5.91. The van der Waals surface area contributed by atoms with E-state index in [0.29, 0.717) is 18.9 Å². The number of amides is 1. The molecule has 4 heteroatoms. The van der Waals surface area contributed by atoms with E-state index in [-0.39, 0.29) is 18.1 Å². The van der Waals surface area contributed by atoms with Crippen LogP contribution in [0, 0.1) is 5.92 Å². The summed E-state index contributed by atoms with van der Waals surface area (Å²) in [5, 5.41) is 10.1. The number of aliphatic hydroxyl groups excluding tert-OH is 1. The summed E-state index contributed by atoms with van der Waals surface area (Å²) in [5.41, 5.74) is 0. The first-order chi connectivity index (χ1) is 9.24. The van der Waals surface area contributed by atoms with Gasteiger partial charge in [0, 0.05) is 38.6 Å². The van der Waals surface area contributed by atoms with Gasteiger partial charge >= 0.3 is 0 Å². The van der Waals surface area contributed by atoms with E-state index in [2.05, 4.69) is 4.90 Å². The number of carbonyl (C=O) groups excluding carboxylic acids is 1. The number of aliphatic hydroxyl groups is 1. The van der Waals surface area contributed by atoms with Gasteiger partial charge in [0.2, 0.25) is 5.91 Å². The molecule has 19 heavy (non-hydrogen) atoms. The largest absolute Gasteiger partial charge is 0.393 e. The van der Waals surface area contributed by atoms with E-state index < -0.39 is 0 Å². The number of nitrogens with zero attached hydrogens (tertiary/aromatic N) is 1. The van der Waals surface area contributed by atoms with Crippen LogP contribution in [0.4, 0.5) is 0 Å². The smallest absolute Gasteiger partial charge is 0.222 e. The first-order valence-corrected chi connectivity index (χ1v) is 7.70. The Hall–Kier alpha value is -0.610. The van der Waals surface area contributed by atoms with Gasteiger partial charge in [-0.15, -0.1) is 0 Å². The van der Waals surface area contributed by atoms with Crippen LogP contribution in [0.5, 0.6) is 0 Å². The van der Waals surface area contributed by atoms with Crippen molar-refractivity contribution in [3.8, 4) is 0 Å². The van der Waals surface area contributed by atoms with E-state index in [1.54, 1.807) is 7.11 Å². The highest BCUT2D eigenvalue weighted by molar-refractivity contribution is 5.76. The van der Waals surface area contributed by atoms with E-state index in [1.807, 2.05) is 0 Å². The van der Waals surface area contributed by atoms with Crippen molar-refractivity contribution in [1.82, 2.24) is 4.90 Å². The monoisotopic (exact) mass is 269 g/mol. The van der Waals surface area contributed by atoms with E-state index >= 15 is 0 Å². The van der Waals surface area contributed by atoms with Crippen molar-refractivity contribution in [1.29, 1.82) is 0 Å². The van der Waals surface area contributed by atoms with Gasteiger partial charge in [-0.05, 0) is 38.5 Å². The molecule has 1 aliphatic heterocycles. The number of ether oxygens (including phenoxy) is 1. The molecule has 0 aromatic carbocycles. The molecule has 0 aromatic heterocycles. The molecule has 3 atom stereocenters. The SMILES string of the molecule is COCCCC(=O)N1CCCCC1C1CCCC1O. The first-order valence-electron chi connectivity index (χ1n) is 7.70. The lowest BCUT2D eigenvalue weighted by Crippen LogP contribution is -2.49. The van der Waals surface area contributed by atoms with Crippen molar-refractivity contribution < 1.29 is 14.6 Å². The van der Waals surface area contributed by atoms with Gasteiger partial charge in [-0.2, -0.15) is 0 Å². The summed E-state index contributed by atoms with van der Waals surface area (Å²) in [4.78, 5) is 14.4. The average Bonchev–Trinajstić information content (AvgIpc) is 2.85. The average molecular weight is 269 g/mol. The minimum Gasteiger partial charge on any atom is -0.393 e. The van der Waals surface area contributed by atoms with Gasteiger partial charge < -0.3 is 14.7 Å². The normalized spacial score (nSPS) is 31.7. The van der Waals surface area contributed by atoms with Gasteiger partial charge in [0.15, 0.2) is 0 Å². The number of piperidine rings is 1. The molecule has 0 spiro atoms. The first kappa shape index (κ1) is 14.8. The molecule has 4 nitrogen and oxygen atoms in total. The van der Waals surface area contributed by atoms with Crippen LogP contribution < -0.4 is 0 Å². The van der Waals surface area contributed by atoms with Crippen LogP contribution in [-0.4, -0.2) is 48.3 Å². The third-order valence-corrected chi connectivity index (χ3v) is 4.63. The Morgan fingerprint density at radius 2 is 2.11 bits per heavy atom. The van der Waals surface area contributed by atoms with Gasteiger partial charge in [0.1, 0.15) is 0 Å². The van der Waals surface area contributed by atoms with Crippen molar-refractivity contribution in [2.45, 2.75) is 63.5 Å². The number of rotatable bonds is 5. The van der Waals surface area contributed by atoms with E-state index in [4.69, 9.17) is 4.74 Å². The molecule has 0 bridgehead atoms. The van der Waals surface area contributed by atoms with Crippen LogP contribution in [0.15, 0.2) is 0 Å². The summed E-state index contributed by atoms with van der Waals surface area (Å²) >= 11 is 0. The maximum absolute atomic E-state index is 12.3. The van der Waals surface area contributed by atoms with Crippen molar-refractivity contribution in [3.05, 3.63) is 0 Å². The summed E-state index contributed by atoms with van der Waals surface area (Å²) in [5.74, 6) is 0.563. The molecule has 1 N–H and O–H groups in total. The molecule has 3 unspecified atom stereocenters. The standard InChI is InChI=1S/C15H27NO3/c1-19-11-5-9-15(18)16-10-3-2-7-13(16)12-6-4-8-14(12)17/h12-14,17H,2-11H2,1H3. The second-order valence-corrected chi connectivity index (χ2v) is 5.91. The van der Waals surface area contributed by atoms with Crippen LogP contribution >= 0.6 is 0 Å². The van der Waals surface area contributed by atoms with Gasteiger partial charge in [-0.3, -0.25) is 4.79 Å². The molecular formula is C15H27NO3. The highest BCUT2D eigenvalue weighted by Gasteiger charge is 2.38. The molecule has 0 aromatic rings. The molecule has 0 radical (unpaired) electrons. The molecule has 1 amide bonds. The van der Waals surface area contributed by atoms with E-state index in [0.717, 1.165) is 45.1 Å². The zero-order valence-corrected chi connectivity index (χ0v) is 12.0. The third-order valence-electron chi connectivity index (χ3n) is 4.63. The lowest BCUT2D eigenvalue weighted by Gasteiger charge is -2.40. The van der Waals surface area contributed by atoms with E-state index in [9.17, 15) is 9.90 Å². The molecule has 2 aliphatic rings. The zero-order chi connectivity index (χ0) is 13.7. The predicted octanol–water partition coefficient (Wildman–Crippen LogP) is 1.96. The van der Waals surface area contributed by atoms with Gasteiger partial charge in [-0.25, -0.2) is 0 Å². The molecular weight excluding hydrogens is 242 g/mol. The topological polar surface area (TPSA) is 49.8 Å². The van der Waals surface area contributed by atoms with Crippen LogP contribution in [-0.2, 0) is 9.53 Å². The number of likely N-dealkylation sites (tertiary alicyclic amines) is 1. The Morgan fingerprint density at radius 3 is 2.79 bits per heavy atom. The fraction of sp³-hybridized carbons (Fsp3) is 0.933. The summed E-state index contributed by atoms with van der Waals surface area (Å²) < 4.78 is 5.01. The Morgan fingerprint density at radius 1 is 1.26 bits per heavy atom. The molecule has 1 saturated carbocycles. The van der Waals surface area contributed by atoms with Gasteiger partial charge in [0.05, 0.1) is 6.10 Å². The Kier molecular flexibility index (Phi) is 5.64. The molecule has 2 rings (SSSR count). The maximum Gasteiger partial charge on any atom is 0.222 e. The lowest BCUT2D eigenvalue weighted by atomic mass is 9.87. The number of methoxy groups -OCH3 is 1. The molecule has 1 heterocycles. The zero-order valence-electron chi connectivity index (χ0n) is 12.0. The van der Waals surface area contributed by atoms with Crippen molar-refractivity contribution in [3.63, 3.8) is 0 Å². The van der Waals surface area contributed by atoms with Crippen molar-refractivity contribution in [2.75, 3.05) is 20.3 Å². The fourth-order valence-electron chi connectivity index (χ4n) is 3.64. The van der Waals surface area contributed by atoms with Gasteiger partial charge in [-0.1, -0.05) is 6.42 Å².